The molecular formula is C21H27N7O. The zero-order chi connectivity index (χ0) is 20.4. The minimum absolute atomic E-state index is 0.114. The lowest BCUT2D eigenvalue weighted by atomic mass is 10.0. The molecule has 8 heteroatoms. The number of anilines is 3. The molecule has 1 aliphatic carbocycles. The Bertz CT molecular complexity index is 909. The van der Waals surface area contributed by atoms with E-state index in [0.29, 0.717) is 12.0 Å². The minimum atomic E-state index is -0.180. The van der Waals surface area contributed by atoms with Crippen molar-refractivity contribution in [2.75, 3.05) is 22.3 Å². The van der Waals surface area contributed by atoms with E-state index in [9.17, 15) is 4.79 Å². The van der Waals surface area contributed by atoms with E-state index in [-0.39, 0.29) is 11.9 Å². The number of pyridine rings is 1. The van der Waals surface area contributed by atoms with Crippen LogP contribution in [-0.2, 0) is 4.79 Å². The maximum Gasteiger partial charge on any atom is 0.249 e. The van der Waals surface area contributed by atoms with Gasteiger partial charge < -0.3 is 9.80 Å². The Morgan fingerprint density at radius 2 is 2.00 bits per heavy atom. The van der Waals surface area contributed by atoms with Crippen molar-refractivity contribution in [3.63, 3.8) is 0 Å². The van der Waals surface area contributed by atoms with Crippen molar-refractivity contribution in [1.82, 2.24) is 15.0 Å². The topological polar surface area (TPSA) is 86.6 Å². The van der Waals surface area contributed by atoms with Gasteiger partial charge in [0.25, 0.3) is 0 Å². The highest BCUT2D eigenvalue weighted by Gasteiger charge is 2.41. The molecule has 3 heterocycles. The van der Waals surface area contributed by atoms with E-state index in [2.05, 4.69) is 32.3 Å². The summed E-state index contributed by atoms with van der Waals surface area (Å²) in [5, 5.41) is 4.42. The molecule has 0 saturated heterocycles. The first-order chi connectivity index (χ1) is 14.1. The second-order valence-corrected chi connectivity index (χ2v) is 7.61. The van der Waals surface area contributed by atoms with Gasteiger partial charge in [0.2, 0.25) is 11.9 Å². The molecule has 1 amide bonds. The Morgan fingerprint density at radius 1 is 1.28 bits per heavy atom. The number of hydrogen-bond donors (Lipinski definition) is 1. The summed E-state index contributed by atoms with van der Waals surface area (Å²) in [7, 11) is 1.80. The third-order valence-corrected chi connectivity index (χ3v) is 5.83. The van der Waals surface area contributed by atoms with Crippen LogP contribution < -0.4 is 15.2 Å². The van der Waals surface area contributed by atoms with E-state index in [0.717, 1.165) is 42.0 Å². The number of amides is 1. The van der Waals surface area contributed by atoms with Gasteiger partial charge >= 0.3 is 0 Å². The molecule has 2 aromatic rings. The van der Waals surface area contributed by atoms with Crippen molar-refractivity contribution in [2.24, 2.45) is 5.10 Å². The fraction of sp³-hybridized carbons (Fsp3) is 0.476. The van der Waals surface area contributed by atoms with Crippen LogP contribution in [0.5, 0.6) is 0 Å². The van der Waals surface area contributed by atoms with Crippen LogP contribution in [0.3, 0.4) is 0 Å². The average Bonchev–Trinajstić information content (AvgIpc) is 3.29. The molecule has 2 aromatic heterocycles. The molecule has 1 unspecified atom stereocenters. The predicted octanol–water partition coefficient (Wildman–Crippen LogP) is 3.21. The zero-order valence-electron chi connectivity index (χ0n) is 17.2. The van der Waals surface area contributed by atoms with E-state index in [1.165, 1.54) is 12.8 Å². The Balaban J connectivity index is 1.66. The van der Waals surface area contributed by atoms with E-state index in [4.69, 9.17) is 4.98 Å². The van der Waals surface area contributed by atoms with Gasteiger partial charge in [0.05, 0.1) is 11.9 Å². The fourth-order valence-corrected chi connectivity index (χ4v) is 4.23. The molecule has 152 valence electrons. The molecule has 0 spiro atoms. The minimum Gasteiger partial charge on any atom is -0.340 e. The SMILES string of the molecule is CCC1C(=O)N(C)c2cnc(N/N=C(\C)c3ccncc3)nc2N1C1CCCC1. The van der Waals surface area contributed by atoms with Crippen LogP contribution in [0.1, 0.15) is 51.5 Å². The molecule has 1 atom stereocenters. The number of hydrogen-bond acceptors (Lipinski definition) is 7. The predicted molar refractivity (Wildman–Crippen MR) is 114 cm³/mol. The Labute approximate surface area is 171 Å². The van der Waals surface area contributed by atoms with Gasteiger partial charge in [-0.1, -0.05) is 19.8 Å². The van der Waals surface area contributed by atoms with Crippen molar-refractivity contribution < 1.29 is 4.79 Å². The number of aromatic nitrogens is 3. The number of nitrogens with one attached hydrogen (secondary N) is 1. The van der Waals surface area contributed by atoms with E-state index in [1.54, 1.807) is 30.5 Å². The van der Waals surface area contributed by atoms with Gasteiger partial charge in [-0.25, -0.2) is 10.4 Å². The zero-order valence-corrected chi connectivity index (χ0v) is 17.2. The summed E-state index contributed by atoms with van der Waals surface area (Å²) in [6, 6.07) is 3.98. The number of carbonyl (C=O) groups excluding carboxylic acids is 1. The molecule has 0 aromatic carbocycles. The fourth-order valence-electron chi connectivity index (χ4n) is 4.23. The van der Waals surface area contributed by atoms with Crippen molar-refractivity contribution in [3.8, 4) is 0 Å². The normalized spacial score (nSPS) is 20.2. The first-order valence-electron chi connectivity index (χ1n) is 10.2. The molecule has 2 aliphatic rings. The van der Waals surface area contributed by atoms with Gasteiger partial charge in [0.15, 0.2) is 5.82 Å². The lowest BCUT2D eigenvalue weighted by Crippen LogP contribution is -2.55. The molecule has 1 N–H and O–H groups in total. The summed E-state index contributed by atoms with van der Waals surface area (Å²) in [6.45, 7) is 3.98. The van der Waals surface area contributed by atoms with Crippen LogP contribution in [0.2, 0.25) is 0 Å². The van der Waals surface area contributed by atoms with Crippen molar-refractivity contribution in [1.29, 1.82) is 0 Å². The maximum absolute atomic E-state index is 12.9. The quantitative estimate of drug-likeness (QED) is 0.620. The lowest BCUT2D eigenvalue weighted by Gasteiger charge is -2.43. The molecule has 29 heavy (non-hydrogen) atoms. The number of likely N-dealkylation sites (N-methyl/N-ethyl adjacent to an activating group) is 1. The molecule has 0 radical (unpaired) electrons. The molecular weight excluding hydrogens is 366 g/mol. The summed E-state index contributed by atoms with van der Waals surface area (Å²) in [4.78, 5) is 30.0. The Kier molecular flexibility index (Phi) is 5.42. The smallest absolute Gasteiger partial charge is 0.249 e. The second kappa shape index (κ2) is 8.14. The molecule has 1 fully saturated rings. The number of fused-ring (bicyclic) bond motifs is 1. The van der Waals surface area contributed by atoms with Crippen LogP contribution in [0.4, 0.5) is 17.5 Å². The standard InChI is InChI=1S/C21H27N7O/c1-4-17-20(29)27(3)18-13-23-21(24-19(18)28(17)16-7-5-6-8-16)26-25-14(2)15-9-11-22-12-10-15/h9-13,16-17H,4-8H2,1-3H3,(H,23,24,26)/b25-14+. The molecule has 4 rings (SSSR count). The average molecular weight is 393 g/mol. The monoisotopic (exact) mass is 393 g/mol. The number of rotatable bonds is 5. The van der Waals surface area contributed by atoms with Crippen LogP contribution >= 0.6 is 0 Å². The largest absolute Gasteiger partial charge is 0.340 e. The summed E-state index contributed by atoms with van der Waals surface area (Å²) in [5.41, 5.74) is 5.54. The molecule has 1 saturated carbocycles. The van der Waals surface area contributed by atoms with Crippen LogP contribution in [0.25, 0.3) is 0 Å². The number of carbonyl (C=O) groups is 1. The van der Waals surface area contributed by atoms with Gasteiger partial charge in [-0.3, -0.25) is 9.78 Å². The summed E-state index contributed by atoms with van der Waals surface area (Å²) < 4.78 is 0. The van der Waals surface area contributed by atoms with Crippen molar-refractivity contribution in [2.45, 2.75) is 58.0 Å². The highest BCUT2D eigenvalue weighted by atomic mass is 16.2. The third kappa shape index (κ3) is 3.66. The molecule has 0 bridgehead atoms. The first kappa shape index (κ1) is 19.3. The Morgan fingerprint density at radius 3 is 2.69 bits per heavy atom. The van der Waals surface area contributed by atoms with Gasteiger partial charge in [0, 0.05) is 31.0 Å². The van der Waals surface area contributed by atoms with Gasteiger partial charge in [-0.15, -0.1) is 0 Å². The van der Waals surface area contributed by atoms with E-state index < -0.39 is 0 Å². The summed E-state index contributed by atoms with van der Waals surface area (Å²) in [5.74, 6) is 1.36. The van der Waals surface area contributed by atoms with Crippen LogP contribution in [0.15, 0.2) is 35.8 Å². The first-order valence-corrected chi connectivity index (χ1v) is 10.2. The second-order valence-electron chi connectivity index (χ2n) is 7.61. The van der Waals surface area contributed by atoms with Crippen LogP contribution in [0, 0.1) is 0 Å². The number of hydrazone groups is 1. The van der Waals surface area contributed by atoms with Gasteiger partial charge in [0.1, 0.15) is 11.7 Å². The van der Waals surface area contributed by atoms with Gasteiger partial charge in [-0.05, 0) is 38.3 Å². The summed E-state index contributed by atoms with van der Waals surface area (Å²) in [6.07, 6.45) is 10.5. The van der Waals surface area contributed by atoms with Crippen molar-refractivity contribution >= 4 is 29.1 Å². The highest BCUT2D eigenvalue weighted by molar-refractivity contribution is 6.04. The van der Waals surface area contributed by atoms with E-state index >= 15 is 0 Å². The third-order valence-electron chi connectivity index (χ3n) is 5.83. The van der Waals surface area contributed by atoms with Crippen LogP contribution in [-0.4, -0.2) is 45.7 Å². The van der Waals surface area contributed by atoms with Gasteiger partial charge in [-0.2, -0.15) is 10.1 Å². The van der Waals surface area contributed by atoms with Crippen molar-refractivity contribution in [3.05, 3.63) is 36.3 Å². The molecule has 8 nitrogen and oxygen atoms in total. The highest BCUT2D eigenvalue weighted by Crippen LogP contribution is 2.39. The Hall–Kier alpha value is -3.03. The summed E-state index contributed by atoms with van der Waals surface area (Å²) >= 11 is 0. The number of nitrogens with zero attached hydrogens (tertiary/aromatic N) is 6. The van der Waals surface area contributed by atoms with E-state index in [1.807, 2.05) is 19.1 Å². The lowest BCUT2D eigenvalue weighted by molar-refractivity contribution is -0.120. The molecule has 1 aliphatic heterocycles. The maximum atomic E-state index is 12.9.